The summed E-state index contributed by atoms with van der Waals surface area (Å²) >= 11 is 4.28. The van der Waals surface area contributed by atoms with Gasteiger partial charge in [0.25, 0.3) is 0 Å². The van der Waals surface area contributed by atoms with Crippen LogP contribution in [0.5, 0.6) is 0 Å². The molecule has 0 aliphatic carbocycles. The Morgan fingerprint density at radius 3 is 2.12 bits per heavy atom. The zero-order valence-electron chi connectivity index (χ0n) is 14.1. The Labute approximate surface area is 154 Å². The molecule has 0 radical (unpaired) electrons. The number of benzene rings is 3. The van der Waals surface area contributed by atoms with Crippen LogP contribution in [0.15, 0.2) is 84.3 Å². The molecule has 0 N–H and O–H groups in total. The number of hydrogen-bond acceptors (Lipinski definition) is 1. The van der Waals surface area contributed by atoms with Gasteiger partial charge < -0.3 is 0 Å². The first-order valence-electron chi connectivity index (χ1n) is 8.46. The van der Waals surface area contributed by atoms with E-state index in [1.165, 1.54) is 5.56 Å². The molecular formula is C23H21FS. The van der Waals surface area contributed by atoms with Crippen molar-refractivity contribution < 1.29 is 4.39 Å². The minimum atomic E-state index is -0.202. The van der Waals surface area contributed by atoms with Crippen LogP contribution in [0.4, 0.5) is 4.39 Å². The summed E-state index contributed by atoms with van der Waals surface area (Å²) in [6.07, 6.45) is 5.08. The predicted molar refractivity (Wildman–Crippen MR) is 108 cm³/mol. The van der Waals surface area contributed by atoms with Crippen LogP contribution in [0.25, 0.3) is 22.3 Å². The Morgan fingerprint density at radius 2 is 1.48 bits per heavy atom. The molecule has 25 heavy (non-hydrogen) atoms. The van der Waals surface area contributed by atoms with Gasteiger partial charge >= 0.3 is 0 Å². The van der Waals surface area contributed by atoms with Crippen LogP contribution in [-0.2, 0) is 6.42 Å². The smallest absolute Gasteiger partial charge is 0.131 e. The van der Waals surface area contributed by atoms with Crippen LogP contribution < -0.4 is 0 Å². The number of unbranched alkanes of at least 4 members (excludes halogenated alkanes) is 1. The molecule has 3 aromatic carbocycles. The maximum Gasteiger partial charge on any atom is 0.131 e. The van der Waals surface area contributed by atoms with Crippen molar-refractivity contribution in [2.75, 3.05) is 0 Å². The third-order valence-corrected chi connectivity index (χ3v) is 4.61. The largest absolute Gasteiger partial charge is 0.206 e. The average Bonchev–Trinajstić information content (AvgIpc) is 2.63. The van der Waals surface area contributed by atoms with Crippen molar-refractivity contribution in [3.05, 3.63) is 90.8 Å². The summed E-state index contributed by atoms with van der Waals surface area (Å²) in [6, 6.07) is 21.3. The Bertz CT molecular complexity index is 848. The Hall–Kier alpha value is -2.32. The fraction of sp³-hybridized carbons (Fsp3) is 0.130. The van der Waals surface area contributed by atoms with Gasteiger partial charge in [0.05, 0.1) is 0 Å². The lowest BCUT2D eigenvalue weighted by atomic mass is 9.98. The fourth-order valence-corrected chi connectivity index (χ4v) is 3.03. The van der Waals surface area contributed by atoms with E-state index >= 15 is 0 Å². The standard InChI is InChI=1S/C23H21FS/c1-2-3-4-5-17-6-8-19(9-7-17)22-15-12-20(16-23(22)24)18-10-13-21(25)14-11-18/h2,6-16,25H,1,3-5H2. The fourth-order valence-electron chi connectivity index (χ4n) is 2.88. The molecular weight excluding hydrogens is 327 g/mol. The molecule has 0 bridgehead atoms. The molecule has 0 fully saturated rings. The van der Waals surface area contributed by atoms with Gasteiger partial charge in [0.15, 0.2) is 0 Å². The quantitative estimate of drug-likeness (QED) is 0.278. The zero-order chi connectivity index (χ0) is 17.6. The van der Waals surface area contributed by atoms with Gasteiger partial charge in [0, 0.05) is 10.5 Å². The highest BCUT2D eigenvalue weighted by molar-refractivity contribution is 7.80. The summed E-state index contributed by atoms with van der Waals surface area (Å²) in [7, 11) is 0. The molecule has 0 saturated carbocycles. The van der Waals surface area contributed by atoms with Crippen LogP contribution in [0.3, 0.4) is 0 Å². The summed E-state index contributed by atoms with van der Waals surface area (Å²) in [5, 5.41) is 0. The van der Waals surface area contributed by atoms with E-state index in [0.29, 0.717) is 5.56 Å². The molecule has 0 nitrogen and oxygen atoms in total. The van der Waals surface area contributed by atoms with Gasteiger partial charge in [-0.25, -0.2) is 4.39 Å². The molecule has 0 heterocycles. The molecule has 126 valence electrons. The average molecular weight is 348 g/mol. The molecule has 2 heteroatoms. The minimum Gasteiger partial charge on any atom is -0.206 e. The van der Waals surface area contributed by atoms with E-state index in [1.54, 1.807) is 6.07 Å². The SMILES string of the molecule is C=CCCCc1ccc(-c2ccc(-c3ccc(S)cc3)cc2F)cc1. The van der Waals surface area contributed by atoms with Crippen molar-refractivity contribution in [2.24, 2.45) is 0 Å². The summed E-state index contributed by atoms with van der Waals surface area (Å²) < 4.78 is 14.6. The second kappa shape index (κ2) is 8.17. The first-order chi connectivity index (χ1) is 12.2. The number of allylic oxidation sites excluding steroid dienone is 1. The normalized spacial score (nSPS) is 10.6. The second-order valence-corrected chi connectivity index (χ2v) is 6.64. The van der Waals surface area contributed by atoms with E-state index in [1.807, 2.05) is 54.6 Å². The molecule has 0 spiro atoms. The Kier molecular flexibility index (Phi) is 5.72. The van der Waals surface area contributed by atoms with Gasteiger partial charge in [0.1, 0.15) is 5.82 Å². The number of aryl methyl sites for hydroxylation is 1. The molecule has 3 aromatic rings. The third-order valence-electron chi connectivity index (χ3n) is 4.31. The molecule has 3 rings (SSSR count). The van der Waals surface area contributed by atoms with E-state index < -0.39 is 0 Å². The summed E-state index contributed by atoms with van der Waals surface area (Å²) in [5.74, 6) is -0.202. The first kappa shape index (κ1) is 17.5. The van der Waals surface area contributed by atoms with Crippen LogP contribution >= 0.6 is 12.6 Å². The van der Waals surface area contributed by atoms with Crippen molar-refractivity contribution in [1.82, 2.24) is 0 Å². The lowest BCUT2D eigenvalue weighted by molar-refractivity contribution is 0.632. The summed E-state index contributed by atoms with van der Waals surface area (Å²) in [5.41, 5.74) is 4.67. The topological polar surface area (TPSA) is 0 Å². The second-order valence-electron chi connectivity index (χ2n) is 6.12. The Balaban J connectivity index is 1.81. The van der Waals surface area contributed by atoms with Gasteiger partial charge in [-0.1, -0.05) is 54.6 Å². The monoisotopic (exact) mass is 348 g/mol. The van der Waals surface area contributed by atoms with Gasteiger partial charge in [-0.3, -0.25) is 0 Å². The number of halogens is 1. The van der Waals surface area contributed by atoms with Gasteiger partial charge in [-0.05, 0) is 59.7 Å². The Morgan fingerprint density at radius 1 is 0.840 bits per heavy atom. The molecule has 0 amide bonds. The maximum atomic E-state index is 14.6. The lowest BCUT2D eigenvalue weighted by Gasteiger charge is -2.08. The van der Waals surface area contributed by atoms with E-state index in [-0.39, 0.29) is 5.82 Å². The van der Waals surface area contributed by atoms with Crippen molar-refractivity contribution in [3.8, 4) is 22.3 Å². The minimum absolute atomic E-state index is 0.202. The van der Waals surface area contributed by atoms with Crippen molar-refractivity contribution >= 4 is 12.6 Å². The summed E-state index contributed by atoms with van der Waals surface area (Å²) in [6.45, 7) is 3.74. The van der Waals surface area contributed by atoms with E-state index in [9.17, 15) is 4.39 Å². The molecule has 0 aliphatic rings. The van der Waals surface area contributed by atoms with Crippen molar-refractivity contribution in [3.63, 3.8) is 0 Å². The highest BCUT2D eigenvalue weighted by atomic mass is 32.1. The number of hydrogen-bond donors (Lipinski definition) is 1. The van der Waals surface area contributed by atoms with Gasteiger partial charge in [-0.2, -0.15) is 0 Å². The molecule has 0 unspecified atom stereocenters. The van der Waals surface area contributed by atoms with E-state index in [0.717, 1.165) is 40.8 Å². The lowest BCUT2D eigenvalue weighted by Crippen LogP contribution is -1.89. The van der Waals surface area contributed by atoms with Crippen molar-refractivity contribution in [2.45, 2.75) is 24.2 Å². The molecule has 0 atom stereocenters. The van der Waals surface area contributed by atoms with Gasteiger partial charge in [0.2, 0.25) is 0 Å². The summed E-state index contributed by atoms with van der Waals surface area (Å²) in [4.78, 5) is 0.897. The first-order valence-corrected chi connectivity index (χ1v) is 8.91. The zero-order valence-corrected chi connectivity index (χ0v) is 15.0. The number of rotatable bonds is 6. The van der Waals surface area contributed by atoms with Crippen molar-refractivity contribution in [1.29, 1.82) is 0 Å². The van der Waals surface area contributed by atoms with Crippen LogP contribution in [0.1, 0.15) is 18.4 Å². The third kappa shape index (κ3) is 4.40. The van der Waals surface area contributed by atoms with Crippen LogP contribution in [-0.4, -0.2) is 0 Å². The molecule has 0 aromatic heterocycles. The highest BCUT2D eigenvalue weighted by Gasteiger charge is 2.07. The number of thiol groups is 1. The van der Waals surface area contributed by atoms with Crippen LogP contribution in [0.2, 0.25) is 0 Å². The predicted octanol–water partition coefficient (Wildman–Crippen LogP) is 6.96. The van der Waals surface area contributed by atoms with Crippen LogP contribution in [0, 0.1) is 5.82 Å². The van der Waals surface area contributed by atoms with Gasteiger partial charge in [-0.15, -0.1) is 19.2 Å². The highest BCUT2D eigenvalue weighted by Crippen LogP contribution is 2.29. The molecule has 0 aliphatic heterocycles. The maximum absolute atomic E-state index is 14.6. The van der Waals surface area contributed by atoms with E-state index in [2.05, 4.69) is 31.3 Å². The molecule has 0 saturated heterocycles. The van der Waals surface area contributed by atoms with E-state index in [4.69, 9.17) is 0 Å².